The van der Waals surface area contributed by atoms with Crippen LogP contribution in [0.15, 0.2) is 54.6 Å². The molecule has 27 heavy (non-hydrogen) atoms. The molecule has 0 spiro atoms. The van der Waals surface area contributed by atoms with E-state index in [9.17, 15) is 4.79 Å². The summed E-state index contributed by atoms with van der Waals surface area (Å²) < 4.78 is 10.9. The molecule has 0 saturated carbocycles. The van der Waals surface area contributed by atoms with E-state index in [1.807, 2.05) is 47.4 Å². The van der Waals surface area contributed by atoms with Crippen molar-refractivity contribution >= 4 is 22.9 Å². The number of carbonyl (C=O) groups excluding carboxylic acids is 1. The van der Waals surface area contributed by atoms with Gasteiger partial charge in [0.05, 0.1) is 5.56 Å². The van der Waals surface area contributed by atoms with E-state index in [1.165, 1.54) is 4.88 Å². The van der Waals surface area contributed by atoms with Crippen LogP contribution in [0.3, 0.4) is 0 Å². The molecule has 1 atom stereocenters. The maximum atomic E-state index is 13.3. The van der Waals surface area contributed by atoms with Crippen LogP contribution in [0.4, 0.5) is 5.69 Å². The van der Waals surface area contributed by atoms with Crippen LogP contribution >= 0.6 is 11.3 Å². The molecule has 0 radical (unpaired) electrons. The van der Waals surface area contributed by atoms with Crippen LogP contribution in [0, 0.1) is 6.92 Å². The van der Waals surface area contributed by atoms with Gasteiger partial charge in [0.25, 0.3) is 5.91 Å². The maximum absolute atomic E-state index is 13.3. The van der Waals surface area contributed by atoms with E-state index in [2.05, 4.69) is 24.4 Å². The van der Waals surface area contributed by atoms with Crippen LogP contribution in [0.1, 0.15) is 31.8 Å². The molecule has 5 rings (SSSR count). The minimum atomic E-state index is -0.198. The van der Waals surface area contributed by atoms with Crippen molar-refractivity contribution in [3.05, 3.63) is 75.5 Å². The summed E-state index contributed by atoms with van der Waals surface area (Å²) in [6.45, 7) is 2.81. The van der Waals surface area contributed by atoms with Gasteiger partial charge in [-0.2, -0.15) is 0 Å². The van der Waals surface area contributed by atoms with E-state index in [4.69, 9.17) is 9.47 Å². The topological polar surface area (TPSA) is 50.8 Å². The quantitative estimate of drug-likeness (QED) is 0.726. The third-order valence-electron chi connectivity index (χ3n) is 4.84. The highest BCUT2D eigenvalue weighted by Gasteiger charge is 2.33. The summed E-state index contributed by atoms with van der Waals surface area (Å²) in [6, 6.07) is 17.7. The molecule has 136 valence electrons. The third kappa shape index (κ3) is 2.82. The zero-order valence-corrected chi connectivity index (χ0v) is 15.6. The van der Waals surface area contributed by atoms with Crippen molar-refractivity contribution in [3.63, 3.8) is 0 Å². The fraction of sp³-hybridized carbons (Fsp3) is 0.190. The molecule has 1 aromatic heterocycles. The number of nitrogens with one attached hydrogen (secondary N) is 1. The Hall–Kier alpha value is -2.99. The summed E-state index contributed by atoms with van der Waals surface area (Å²) >= 11 is 1.70. The highest BCUT2D eigenvalue weighted by molar-refractivity contribution is 7.12. The second kappa shape index (κ2) is 6.32. The zero-order chi connectivity index (χ0) is 18.4. The van der Waals surface area contributed by atoms with Crippen LogP contribution in [-0.2, 0) is 6.54 Å². The molecule has 1 amide bonds. The second-order valence-electron chi connectivity index (χ2n) is 6.66. The number of para-hydroxylation sites is 1. The van der Waals surface area contributed by atoms with Crippen molar-refractivity contribution in [2.45, 2.75) is 19.6 Å². The predicted octanol–water partition coefficient (Wildman–Crippen LogP) is 4.55. The van der Waals surface area contributed by atoms with E-state index in [0.29, 0.717) is 12.1 Å². The van der Waals surface area contributed by atoms with E-state index >= 15 is 0 Å². The Morgan fingerprint density at radius 3 is 2.81 bits per heavy atom. The number of aryl methyl sites for hydroxylation is 1. The molecule has 1 N–H and O–H groups in total. The highest BCUT2D eigenvalue weighted by Crippen LogP contribution is 2.38. The maximum Gasteiger partial charge on any atom is 0.258 e. The first kappa shape index (κ1) is 16.2. The summed E-state index contributed by atoms with van der Waals surface area (Å²) in [5.41, 5.74) is 2.58. The molecule has 1 unspecified atom stereocenters. The average Bonchev–Trinajstić information content (AvgIpc) is 3.32. The molecular formula is C21H18N2O3S. The summed E-state index contributed by atoms with van der Waals surface area (Å²) in [7, 11) is 0. The summed E-state index contributed by atoms with van der Waals surface area (Å²) in [5.74, 6) is 1.50. The van der Waals surface area contributed by atoms with Gasteiger partial charge in [0, 0.05) is 22.0 Å². The molecule has 0 bridgehead atoms. The number of hydrogen-bond donors (Lipinski definition) is 1. The summed E-state index contributed by atoms with van der Waals surface area (Å²) in [4.78, 5) is 17.5. The van der Waals surface area contributed by atoms with Gasteiger partial charge in [-0.25, -0.2) is 0 Å². The number of carbonyl (C=O) groups is 1. The van der Waals surface area contributed by atoms with Crippen molar-refractivity contribution in [1.29, 1.82) is 0 Å². The molecule has 6 heteroatoms. The first-order valence-corrected chi connectivity index (χ1v) is 9.62. The fourth-order valence-electron chi connectivity index (χ4n) is 3.52. The van der Waals surface area contributed by atoms with E-state index in [1.54, 1.807) is 11.3 Å². The van der Waals surface area contributed by atoms with Gasteiger partial charge < -0.3 is 19.7 Å². The Kier molecular flexibility index (Phi) is 3.79. The predicted molar refractivity (Wildman–Crippen MR) is 104 cm³/mol. The molecule has 2 aromatic carbocycles. The number of rotatable bonds is 3. The number of amides is 1. The largest absolute Gasteiger partial charge is 0.454 e. The van der Waals surface area contributed by atoms with Gasteiger partial charge >= 0.3 is 0 Å². The van der Waals surface area contributed by atoms with Crippen LogP contribution in [0.5, 0.6) is 11.5 Å². The van der Waals surface area contributed by atoms with Crippen molar-refractivity contribution in [2.24, 2.45) is 0 Å². The van der Waals surface area contributed by atoms with Crippen LogP contribution in [-0.4, -0.2) is 17.6 Å². The van der Waals surface area contributed by atoms with Crippen LogP contribution < -0.4 is 14.8 Å². The fourth-order valence-corrected chi connectivity index (χ4v) is 4.46. The first-order chi connectivity index (χ1) is 13.2. The highest BCUT2D eigenvalue weighted by atomic mass is 32.1. The normalized spacial score (nSPS) is 17.6. The SMILES string of the molecule is Cc1ccc(C2Nc3ccccc3C(=O)N2Cc2ccc3c(c2)OCO3)s1. The van der Waals surface area contributed by atoms with Crippen molar-refractivity contribution in [3.8, 4) is 11.5 Å². The minimum absolute atomic E-state index is 0.0260. The monoisotopic (exact) mass is 378 g/mol. The van der Waals surface area contributed by atoms with E-state index in [-0.39, 0.29) is 18.9 Å². The molecule has 0 aliphatic carbocycles. The molecule has 2 aliphatic heterocycles. The lowest BCUT2D eigenvalue weighted by Gasteiger charge is -2.37. The molecule has 3 aromatic rings. The lowest BCUT2D eigenvalue weighted by molar-refractivity contribution is 0.0669. The minimum Gasteiger partial charge on any atom is -0.454 e. The standard InChI is InChI=1S/C21H18N2O3S/c1-13-6-9-19(27-13)20-22-16-5-3-2-4-15(16)21(24)23(20)11-14-7-8-17-18(10-14)26-12-25-17/h2-10,20,22H,11-12H2,1H3. The van der Waals surface area contributed by atoms with Crippen LogP contribution in [0.2, 0.25) is 0 Å². The van der Waals surface area contributed by atoms with Crippen LogP contribution in [0.25, 0.3) is 0 Å². The first-order valence-electron chi connectivity index (χ1n) is 8.80. The lowest BCUT2D eigenvalue weighted by Crippen LogP contribution is -2.42. The summed E-state index contributed by atoms with van der Waals surface area (Å²) in [6.07, 6.45) is -0.198. The van der Waals surface area contributed by atoms with Gasteiger partial charge in [0.2, 0.25) is 6.79 Å². The Balaban J connectivity index is 1.53. The molecule has 5 nitrogen and oxygen atoms in total. The average molecular weight is 378 g/mol. The Labute approximate surface area is 161 Å². The molecule has 0 saturated heterocycles. The number of fused-ring (bicyclic) bond motifs is 2. The number of anilines is 1. The Bertz CT molecular complexity index is 1030. The van der Waals surface area contributed by atoms with E-state index in [0.717, 1.165) is 27.6 Å². The van der Waals surface area contributed by atoms with Crippen molar-refractivity contribution in [1.82, 2.24) is 4.90 Å². The number of thiophene rings is 1. The lowest BCUT2D eigenvalue weighted by atomic mass is 10.1. The van der Waals surface area contributed by atoms with Crippen molar-refractivity contribution < 1.29 is 14.3 Å². The Morgan fingerprint density at radius 2 is 1.96 bits per heavy atom. The van der Waals surface area contributed by atoms with Gasteiger partial charge in [-0.1, -0.05) is 18.2 Å². The van der Waals surface area contributed by atoms with E-state index < -0.39 is 0 Å². The smallest absolute Gasteiger partial charge is 0.258 e. The van der Waals surface area contributed by atoms with Gasteiger partial charge in [0.1, 0.15) is 6.17 Å². The molecule has 3 heterocycles. The number of nitrogens with zero attached hydrogens (tertiary/aromatic N) is 1. The number of ether oxygens (including phenoxy) is 2. The third-order valence-corrected chi connectivity index (χ3v) is 5.90. The molecule has 2 aliphatic rings. The molecule has 0 fully saturated rings. The zero-order valence-electron chi connectivity index (χ0n) is 14.8. The Morgan fingerprint density at radius 1 is 1.11 bits per heavy atom. The number of hydrogen-bond acceptors (Lipinski definition) is 5. The van der Waals surface area contributed by atoms with Crippen molar-refractivity contribution in [2.75, 3.05) is 12.1 Å². The van der Waals surface area contributed by atoms with Gasteiger partial charge in [-0.05, 0) is 48.9 Å². The summed E-state index contributed by atoms with van der Waals surface area (Å²) in [5, 5.41) is 3.54. The second-order valence-corrected chi connectivity index (χ2v) is 7.98. The van der Waals surface area contributed by atoms with Gasteiger partial charge in [-0.3, -0.25) is 4.79 Å². The van der Waals surface area contributed by atoms with Gasteiger partial charge in [-0.15, -0.1) is 11.3 Å². The number of benzene rings is 2. The molecular weight excluding hydrogens is 360 g/mol. The van der Waals surface area contributed by atoms with Gasteiger partial charge in [0.15, 0.2) is 11.5 Å².